The van der Waals surface area contributed by atoms with Crippen molar-refractivity contribution in [1.29, 1.82) is 0 Å². The second-order valence-electron chi connectivity index (χ2n) is 6.50. The Kier molecular flexibility index (Phi) is 5.34. The van der Waals surface area contributed by atoms with Gasteiger partial charge in [-0.3, -0.25) is 5.32 Å². The second kappa shape index (κ2) is 8.07. The zero-order chi connectivity index (χ0) is 20.3. The van der Waals surface area contributed by atoms with Gasteiger partial charge in [-0.2, -0.15) is 4.80 Å². The number of ether oxygens (including phenoxy) is 1. The number of aromatic nitrogens is 6. The summed E-state index contributed by atoms with van der Waals surface area (Å²) in [5.74, 6) is 0.963. The zero-order valence-electron chi connectivity index (χ0n) is 15.4. The third-order valence-electron chi connectivity index (χ3n) is 4.42. The Morgan fingerprint density at radius 2 is 2.03 bits per heavy atom. The summed E-state index contributed by atoms with van der Waals surface area (Å²) in [6.45, 7) is 2.73. The molecule has 3 heterocycles. The van der Waals surface area contributed by atoms with Gasteiger partial charge in [0.05, 0.1) is 25.2 Å². The molecule has 0 saturated carbocycles. The lowest BCUT2D eigenvalue weighted by atomic mass is 10.1. The highest BCUT2D eigenvalue weighted by Crippen LogP contribution is 2.27. The number of anilines is 1. The van der Waals surface area contributed by atoms with Crippen molar-refractivity contribution in [2.45, 2.75) is 38.8 Å². The standard InChI is InChI=1S/C17H19F3N8O/c18-17(19,20)29-14-5-2-1-4-12(14)8-15-24-26-28(25-15)7-3-6-27-11-23-16-13(27)9-21-10-22-16/h1-2,4-5,11,21-22H,3,6-10H2. The van der Waals surface area contributed by atoms with Crippen molar-refractivity contribution < 1.29 is 17.9 Å². The molecule has 154 valence electrons. The molecule has 4 rings (SSSR count). The maximum absolute atomic E-state index is 12.5. The van der Waals surface area contributed by atoms with E-state index in [9.17, 15) is 13.2 Å². The number of rotatable bonds is 7. The average Bonchev–Trinajstić information content (AvgIpc) is 3.30. The minimum atomic E-state index is -4.75. The second-order valence-corrected chi connectivity index (χ2v) is 6.50. The van der Waals surface area contributed by atoms with Crippen LogP contribution in [0, 0.1) is 0 Å². The van der Waals surface area contributed by atoms with E-state index in [-0.39, 0.29) is 12.2 Å². The number of halogens is 3. The fraction of sp³-hybridized carbons (Fsp3) is 0.412. The van der Waals surface area contributed by atoms with E-state index >= 15 is 0 Å². The summed E-state index contributed by atoms with van der Waals surface area (Å²) >= 11 is 0. The lowest BCUT2D eigenvalue weighted by Gasteiger charge is -2.16. The molecule has 0 aliphatic carbocycles. The van der Waals surface area contributed by atoms with Crippen molar-refractivity contribution in [3.05, 3.63) is 47.7 Å². The van der Waals surface area contributed by atoms with E-state index in [1.165, 1.54) is 16.9 Å². The number of hydrogen-bond acceptors (Lipinski definition) is 7. The number of imidazole rings is 1. The lowest BCUT2D eigenvalue weighted by molar-refractivity contribution is -0.274. The van der Waals surface area contributed by atoms with Crippen LogP contribution in [0.15, 0.2) is 30.6 Å². The first kappa shape index (κ1) is 19.2. The molecule has 2 aromatic heterocycles. The lowest BCUT2D eigenvalue weighted by Crippen LogP contribution is -2.28. The molecule has 1 aliphatic rings. The van der Waals surface area contributed by atoms with Crippen LogP contribution in [0.1, 0.15) is 23.5 Å². The number of tetrazole rings is 1. The number of nitrogens with zero attached hydrogens (tertiary/aromatic N) is 6. The van der Waals surface area contributed by atoms with E-state index in [4.69, 9.17) is 0 Å². The van der Waals surface area contributed by atoms with Crippen molar-refractivity contribution in [1.82, 2.24) is 35.1 Å². The molecule has 0 bridgehead atoms. The summed E-state index contributed by atoms with van der Waals surface area (Å²) in [4.78, 5) is 5.78. The van der Waals surface area contributed by atoms with Gasteiger partial charge in [0.2, 0.25) is 0 Å². The number of hydrogen-bond donors (Lipinski definition) is 2. The van der Waals surface area contributed by atoms with Crippen LogP contribution in [-0.2, 0) is 26.1 Å². The molecule has 29 heavy (non-hydrogen) atoms. The molecular formula is C17H19F3N8O. The van der Waals surface area contributed by atoms with E-state index in [1.807, 2.05) is 0 Å². The fourth-order valence-electron chi connectivity index (χ4n) is 3.13. The Bertz CT molecular complexity index is 968. The minimum absolute atomic E-state index is 0.0959. The quantitative estimate of drug-likeness (QED) is 0.617. The van der Waals surface area contributed by atoms with Gasteiger partial charge in [-0.15, -0.1) is 23.4 Å². The highest BCUT2D eigenvalue weighted by molar-refractivity contribution is 5.42. The van der Waals surface area contributed by atoms with Crippen LogP contribution in [0.2, 0.25) is 0 Å². The van der Waals surface area contributed by atoms with Crippen molar-refractivity contribution >= 4 is 5.82 Å². The molecule has 0 fully saturated rings. The van der Waals surface area contributed by atoms with Crippen LogP contribution in [0.3, 0.4) is 0 Å². The largest absolute Gasteiger partial charge is 0.573 e. The molecule has 0 atom stereocenters. The van der Waals surface area contributed by atoms with Gasteiger partial charge in [0.15, 0.2) is 5.82 Å². The van der Waals surface area contributed by atoms with E-state index < -0.39 is 6.36 Å². The van der Waals surface area contributed by atoms with E-state index in [0.717, 1.165) is 31.0 Å². The van der Waals surface area contributed by atoms with Crippen molar-refractivity contribution in [2.24, 2.45) is 0 Å². The first-order chi connectivity index (χ1) is 14.0. The summed E-state index contributed by atoms with van der Waals surface area (Å²) in [5.41, 5.74) is 1.44. The Labute approximate surface area is 163 Å². The Morgan fingerprint density at radius 3 is 2.90 bits per heavy atom. The molecule has 0 radical (unpaired) electrons. The van der Waals surface area contributed by atoms with Gasteiger partial charge in [-0.05, 0) is 17.7 Å². The van der Waals surface area contributed by atoms with Crippen LogP contribution in [-0.4, -0.2) is 42.8 Å². The summed E-state index contributed by atoms with van der Waals surface area (Å²) in [6.07, 6.45) is -2.11. The minimum Gasteiger partial charge on any atom is -0.405 e. The highest BCUT2D eigenvalue weighted by atomic mass is 19.4. The Hall–Kier alpha value is -3.15. The molecule has 9 nitrogen and oxygen atoms in total. The number of benzene rings is 1. The van der Waals surface area contributed by atoms with E-state index in [1.54, 1.807) is 18.5 Å². The Morgan fingerprint density at radius 1 is 1.17 bits per heavy atom. The molecule has 0 saturated heterocycles. The smallest absolute Gasteiger partial charge is 0.405 e. The number of alkyl halides is 3. The predicted molar refractivity (Wildman–Crippen MR) is 95.9 cm³/mol. The summed E-state index contributed by atoms with van der Waals surface area (Å²) in [7, 11) is 0. The molecular weight excluding hydrogens is 389 g/mol. The van der Waals surface area contributed by atoms with Crippen LogP contribution in [0.4, 0.5) is 19.0 Å². The van der Waals surface area contributed by atoms with Gasteiger partial charge in [0.25, 0.3) is 0 Å². The van der Waals surface area contributed by atoms with Gasteiger partial charge >= 0.3 is 6.36 Å². The molecule has 0 amide bonds. The highest BCUT2D eigenvalue weighted by Gasteiger charge is 2.32. The molecule has 0 unspecified atom stereocenters. The van der Waals surface area contributed by atoms with Gasteiger partial charge < -0.3 is 14.6 Å². The van der Waals surface area contributed by atoms with Gasteiger partial charge in [0.1, 0.15) is 11.6 Å². The van der Waals surface area contributed by atoms with Crippen molar-refractivity contribution in [3.8, 4) is 5.75 Å². The topological polar surface area (TPSA) is 94.7 Å². The SMILES string of the molecule is FC(F)(F)Oc1ccccc1Cc1nnn(CCCn2cnc3c2CNCN3)n1. The summed E-state index contributed by atoms with van der Waals surface area (Å²) in [6, 6.07) is 5.93. The number of fused-ring (bicyclic) bond motifs is 1. The third kappa shape index (κ3) is 4.83. The van der Waals surface area contributed by atoms with Crippen LogP contribution in [0.5, 0.6) is 5.75 Å². The molecule has 1 aliphatic heterocycles. The van der Waals surface area contributed by atoms with Crippen LogP contribution >= 0.6 is 0 Å². The molecule has 3 aromatic rings. The number of aryl methyl sites for hydroxylation is 2. The summed E-state index contributed by atoms with van der Waals surface area (Å²) in [5, 5.41) is 18.6. The van der Waals surface area contributed by atoms with Gasteiger partial charge in [0, 0.05) is 25.1 Å². The predicted octanol–water partition coefficient (Wildman–Crippen LogP) is 1.92. The first-order valence-electron chi connectivity index (χ1n) is 9.07. The van der Waals surface area contributed by atoms with Gasteiger partial charge in [-0.1, -0.05) is 18.2 Å². The van der Waals surface area contributed by atoms with E-state index in [2.05, 4.69) is 40.3 Å². The number of para-hydroxylation sites is 1. The van der Waals surface area contributed by atoms with Crippen LogP contribution < -0.4 is 15.4 Å². The van der Waals surface area contributed by atoms with Crippen molar-refractivity contribution in [3.63, 3.8) is 0 Å². The maximum atomic E-state index is 12.5. The normalized spacial score (nSPS) is 13.8. The average molecular weight is 408 g/mol. The third-order valence-corrected chi connectivity index (χ3v) is 4.42. The van der Waals surface area contributed by atoms with Gasteiger partial charge in [-0.25, -0.2) is 4.98 Å². The molecule has 1 aromatic carbocycles. The fourth-order valence-corrected chi connectivity index (χ4v) is 3.13. The number of nitrogens with one attached hydrogen (secondary N) is 2. The monoisotopic (exact) mass is 408 g/mol. The van der Waals surface area contributed by atoms with E-state index in [0.29, 0.717) is 24.6 Å². The van der Waals surface area contributed by atoms with Crippen molar-refractivity contribution in [2.75, 3.05) is 12.0 Å². The zero-order valence-corrected chi connectivity index (χ0v) is 15.4. The molecule has 0 spiro atoms. The Balaban J connectivity index is 1.34. The maximum Gasteiger partial charge on any atom is 0.573 e. The summed E-state index contributed by atoms with van der Waals surface area (Å²) < 4.78 is 43.8. The molecule has 12 heteroatoms. The molecule has 2 N–H and O–H groups in total. The van der Waals surface area contributed by atoms with Crippen LogP contribution in [0.25, 0.3) is 0 Å². The first-order valence-corrected chi connectivity index (χ1v) is 9.07.